The molecular weight excluding hydrogens is 220 g/mol. The topological polar surface area (TPSA) is 30.2 Å². The molecule has 0 aliphatic carbocycles. The molecule has 2 rings (SSSR count). The normalized spacial score (nSPS) is 10.6. The summed E-state index contributed by atoms with van der Waals surface area (Å²) in [4.78, 5) is 13.2. The summed E-state index contributed by atoms with van der Waals surface area (Å²) in [5.74, 6) is 0.982. The van der Waals surface area contributed by atoms with Crippen molar-refractivity contribution in [2.75, 3.05) is 0 Å². The van der Waals surface area contributed by atoms with Gasteiger partial charge in [-0.05, 0) is 23.9 Å². The highest BCUT2D eigenvalue weighted by atomic mass is 32.1. The van der Waals surface area contributed by atoms with Crippen LogP contribution < -0.4 is 0 Å². The largest absolute Gasteiger partial charge is 0.469 e. The molecule has 0 amide bonds. The SMILES string of the molecule is CCc1occc1C(=O)CCc1cccs1. The average molecular weight is 234 g/mol. The Bertz CT molecular complexity index is 454. The molecule has 0 saturated carbocycles. The fourth-order valence-corrected chi connectivity index (χ4v) is 2.40. The summed E-state index contributed by atoms with van der Waals surface area (Å²) >= 11 is 1.70. The van der Waals surface area contributed by atoms with Gasteiger partial charge >= 0.3 is 0 Å². The van der Waals surface area contributed by atoms with Gasteiger partial charge in [0.15, 0.2) is 5.78 Å². The standard InChI is InChI=1S/C13H14O2S/c1-2-13-11(7-8-15-13)12(14)6-5-10-4-3-9-16-10/h3-4,7-9H,2,5-6H2,1H3. The minimum absolute atomic E-state index is 0.180. The number of furan rings is 1. The lowest BCUT2D eigenvalue weighted by atomic mass is 10.1. The Morgan fingerprint density at radius 1 is 1.44 bits per heavy atom. The number of rotatable bonds is 5. The molecule has 2 heterocycles. The van der Waals surface area contributed by atoms with Gasteiger partial charge in [-0.15, -0.1) is 11.3 Å². The molecule has 84 valence electrons. The third-order valence-corrected chi connectivity index (χ3v) is 3.48. The van der Waals surface area contributed by atoms with Gasteiger partial charge in [0.05, 0.1) is 11.8 Å². The molecule has 2 aromatic heterocycles. The maximum atomic E-state index is 11.9. The fraction of sp³-hybridized carbons (Fsp3) is 0.308. The van der Waals surface area contributed by atoms with E-state index in [2.05, 4.69) is 6.07 Å². The fourth-order valence-electron chi connectivity index (χ4n) is 1.69. The van der Waals surface area contributed by atoms with Crippen molar-refractivity contribution < 1.29 is 9.21 Å². The first-order valence-corrected chi connectivity index (χ1v) is 6.31. The Morgan fingerprint density at radius 2 is 2.31 bits per heavy atom. The Kier molecular flexibility index (Phi) is 3.57. The Morgan fingerprint density at radius 3 is 3.00 bits per heavy atom. The van der Waals surface area contributed by atoms with Crippen LogP contribution >= 0.6 is 11.3 Å². The third-order valence-electron chi connectivity index (χ3n) is 2.55. The highest BCUT2D eigenvalue weighted by molar-refractivity contribution is 7.09. The average Bonchev–Trinajstić information content (AvgIpc) is 2.96. The van der Waals surface area contributed by atoms with E-state index in [9.17, 15) is 4.79 Å². The van der Waals surface area contributed by atoms with Crippen LogP contribution in [-0.2, 0) is 12.8 Å². The van der Waals surface area contributed by atoms with E-state index in [1.165, 1.54) is 4.88 Å². The first kappa shape index (κ1) is 11.1. The van der Waals surface area contributed by atoms with Crippen LogP contribution in [0.5, 0.6) is 0 Å². The van der Waals surface area contributed by atoms with Gasteiger partial charge in [-0.25, -0.2) is 0 Å². The van der Waals surface area contributed by atoms with Crippen molar-refractivity contribution in [2.45, 2.75) is 26.2 Å². The number of carbonyl (C=O) groups is 1. The van der Waals surface area contributed by atoms with E-state index in [-0.39, 0.29) is 5.78 Å². The summed E-state index contributed by atoms with van der Waals surface area (Å²) < 4.78 is 5.25. The summed E-state index contributed by atoms with van der Waals surface area (Å²) in [7, 11) is 0. The van der Waals surface area contributed by atoms with Gasteiger partial charge in [0, 0.05) is 17.7 Å². The number of hydrogen-bond acceptors (Lipinski definition) is 3. The third kappa shape index (κ3) is 2.42. The molecule has 0 unspecified atom stereocenters. The van der Waals surface area contributed by atoms with Crippen molar-refractivity contribution in [3.8, 4) is 0 Å². The summed E-state index contributed by atoms with van der Waals surface area (Å²) in [6.07, 6.45) is 3.75. The highest BCUT2D eigenvalue weighted by Gasteiger charge is 2.13. The van der Waals surface area contributed by atoms with Crippen LogP contribution in [0.25, 0.3) is 0 Å². The Hall–Kier alpha value is -1.35. The van der Waals surface area contributed by atoms with Gasteiger partial charge in [0.2, 0.25) is 0 Å². The molecule has 2 aromatic rings. The van der Waals surface area contributed by atoms with Crippen molar-refractivity contribution in [2.24, 2.45) is 0 Å². The molecule has 16 heavy (non-hydrogen) atoms. The summed E-state index contributed by atoms with van der Waals surface area (Å²) in [6, 6.07) is 5.85. The van der Waals surface area contributed by atoms with E-state index in [0.717, 1.165) is 24.2 Å². The van der Waals surface area contributed by atoms with Crippen molar-refractivity contribution in [1.82, 2.24) is 0 Å². The van der Waals surface area contributed by atoms with E-state index in [0.29, 0.717) is 6.42 Å². The van der Waals surface area contributed by atoms with E-state index in [4.69, 9.17) is 4.42 Å². The number of aryl methyl sites for hydroxylation is 2. The predicted molar refractivity (Wildman–Crippen MR) is 65.1 cm³/mol. The molecule has 0 aliphatic heterocycles. The molecule has 0 saturated heterocycles. The summed E-state index contributed by atoms with van der Waals surface area (Å²) in [6.45, 7) is 1.99. The molecule has 0 bridgehead atoms. The number of carbonyl (C=O) groups excluding carboxylic acids is 1. The molecular formula is C13H14O2S. The van der Waals surface area contributed by atoms with Crippen LogP contribution in [0.1, 0.15) is 34.3 Å². The number of thiophene rings is 1. The van der Waals surface area contributed by atoms with Gasteiger partial charge in [0.25, 0.3) is 0 Å². The molecule has 3 heteroatoms. The minimum atomic E-state index is 0.180. The molecule has 0 spiro atoms. The second-order valence-electron chi connectivity index (χ2n) is 3.61. The smallest absolute Gasteiger partial charge is 0.166 e. The van der Waals surface area contributed by atoms with Crippen LogP contribution in [0.2, 0.25) is 0 Å². The number of Topliss-reactive ketones (excluding diaryl/α,β-unsaturated/α-hetero) is 1. The van der Waals surface area contributed by atoms with Crippen LogP contribution in [0.4, 0.5) is 0 Å². The Balaban J connectivity index is 1.98. The summed E-state index contributed by atoms with van der Waals surface area (Å²) in [5, 5.41) is 2.04. The quantitative estimate of drug-likeness (QED) is 0.738. The second kappa shape index (κ2) is 5.12. The second-order valence-corrected chi connectivity index (χ2v) is 4.65. The van der Waals surface area contributed by atoms with Gasteiger partial charge in [-0.3, -0.25) is 4.79 Å². The maximum Gasteiger partial charge on any atom is 0.166 e. The zero-order valence-electron chi connectivity index (χ0n) is 9.23. The molecule has 2 nitrogen and oxygen atoms in total. The monoisotopic (exact) mass is 234 g/mol. The van der Waals surface area contributed by atoms with E-state index in [1.54, 1.807) is 23.7 Å². The van der Waals surface area contributed by atoms with E-state index in [1.807, 2.05) is 18.4 Å². The number of hydrogen-bond donors (Lipinski definition) is 0. The van der Waals surface area contributed by atoms with Crippen LogP contribution in [0.3, 0.4) is 0 Å². The molecule has 0 N–H and O–H groups in total. The van der Waals surface area contributed by atoms with Gasteiger partial charge in [-0.2, -0.15) is 0 Å². The van der Waals surface area contributed by atoms with Crippen LogP contribution in [0.15, 0.2) is 34.3 Å². The molecule has 0 radical (unpaired) electrons. The maximum absolute atomic E-state index is 11.9. The first-order valence-electron chi connectivity index (χ1n) is 5.43. The van der Waals surface area contributed by atoms with Crippen LogP contribution in [-0.4, -0.2) is 5.78 Å². The van der Waals surface area contributed by atoms with Gasteiger partial charge in [0.1, 0.15) is 5.76 Å². The zero-order chi connectivity index (χ0) is 11.4. The minimum Gasteiger partial charge on any atom is -0.469 e. The molecule has 0 fully saturated rings. The van der Waals surface area contributed by atoms with Crippen molar-refractivity contribution in [3.63, 3.8) is 0 Å². The molecule has 0 atom stereocenters. The van der Waals surface area contributed by atoms with E-state index < -0.39 is 0 Å². The van der Waals surface area contributed by atoms with Crippen LogP contribution in [0, 0.1) is 0 Å². The van der Waals surface area contributed by atoms with E-state index >= 15 is 0 Å². The molecule has 0 aliphatic rings. The Labute approximate surface area is 98.9 Å². The number of ketones is 1. The predicted octanol–water partition coefficient (Wildman–Crippen LogP) is 3.72. The highest BCUT2D eigenvalue weighted by Crippen LogP contribution is 2.16. The first-order chi connectivity index (χ1) is 7.81. The molecule has 0 aromatic carbocycles. The van der Waals surface area contributed by atoms with Gasteiger partial charge < -0.3 is 4.42 Å². The van der Waals surface area contributed by atoms with Crippen molar-refractivity contribution >= 4 is 17.1 Å². The lowest BCUT2D eigenvalue weighted by Crippen LogP contribution is -2.01. The zero-order valence-corrected chi connectivity index (χ0v) is 10.0. The summed E-state index contributed by atoms with van der Waals surface area (Å²) in [5.41, 5.74) is 0.749. The van der Waals surface area contributed by atoms with Crippen molar-refractivity contribution in [1.29, 1.82) is 0 Å². The van der Waals surface area contributed by atoms with Crippen molar-refractivity contribution in [3.05, 3.63) is 46.0 Å². The lowest BCUT2D eigenvalue weighted by Gasteiger charge is -1.99. The lowest BCUT2D eigenvalue weighted by molar-refractivity contribution is 0.0981. The van der Waals surface area contributed by atoms with Gasteiger partial charge in [-0.1, -0.05) is 13.0 Å².